The Hall–Kier alpha value is -0.950. The molecule has 0 aliphatic rings. The number of nitrogens with zero attached hydrogens (tertiary/aromatic N) is 1. The molecular formula is C5H6N2OS. The van der Waals surface area contributed by atoms with Crippen molar-refractivity contribution in [2.75, 3.05) is 0 Å². The van der Waals surface area contributed by atoms with Gasteiger partial charge in [0.1, 0.15) is 11.6 Å². The average molecular weight is 142 g/mol. The van der Waals surface area contributed by atoms with Crippen molar-refractivity contribution in [2.45, 2.75) is 6.92 Å². The molecule has 0 radical (unpaired) electrons. The number of carbonyl (C=O) groups is 1. The minimum absolute atomic E-state index is 0.0741. The highest BCUT2D eigenvalue weighted by Gasteiger charge is 2.02. The molecule has 1 N–H and O–H groups in total. The van der Waals surface area contributed by atoms with Crippen molar-refractivity contribution in [3.8, 4) is 6.07 Å². The summed E-state index contributed by atoms with van der Waals surface area (Å²) in [7, 11) is 0. The van der Waals surface area contributed by atoms with E-state index >= 15 is 0 Å². The third-order valence-electron chi connectivity index (χ3n) is 0.755. The first-order valence-corrected chi connectivity index (χ1v) is 2.71. The van der Waals surface area contributed by atoms with E-state index in [0.717, 1.165) is 0 Å². The number of allylic oxidation sites excluding steroid dienone is 1. The molecule has 0 aliphatic carbocycles. The summed E-state index contributed by atoms with van der Waals surface area (Å²) in [6.07, 6.45) is 1.42. The van der Waals surface area contributed by atoms with Gasteiger partial charge in [-0.25, -0.2) is 0 Å². The largest absolute Gasteiger partial charge is 0.298 e. The highest BCUT2D eigenvalue weighted by molar-refractivity contribution is 7.78. The molecule has 0 fully saturated rings. The van der Waals surface area contributed by atoms with Crippen LogP contribution in [0.5, 0.6) is 0 Å². The number of nitriles is 1. The van der Waals surface area contributed by atoms with Gasteiger partial charge in [0.2, 0.25) is 0 Å². The summed E-state index contributed by atoms with van der Waals surface area (Å²) < 4.78 is 2.03. The van der Waals surface area contributed by atoms with Gasteiger partial charge in [-0.3, -0.25) is 9.52 Å². The molecule has 0 rings (SSSR count). The van der Waals surface area contributed by atoms with Crippen LogP contribution in [0.2, 0.25) is 0 Å². The molecule has 0 heterocycles. The van der Waals surface area contributed by atoms with Gasteiger partial charge in [-0.1, -0.05) is 18.9 Å². The van der Waals surface area contributed by atoms with Gasteiger partial charge in [-0.2, -0.15) is 5.26 Å². The molecule has 4 heteroatoms. The quantitative estimate of drug-likeness (QED) is 0.316. The number of thiol groups is 1. The van der Waals surface area contributed by atoms with Gasteiger partial charge in [0.05, 0.1) is 0 Å². The zero-order valence-electron chi connectivity index (χ0n) is 4.88. The standard InChI is InChI=1S/C5H6N2OS/c1-2-4(3-6)5(8)7-9/h2,9H,1H3,(H,7,8)/b4-2+. The summed E-state index contributed by atoms with van der Waals surface area (Å²) in [4.78, 5) is 10.5. The molecule has 1 amide bonds. The fourth-order valence-corrected chi connectivity index (χ4v) is 0.427. The SMILES string of the molecule is C/C=C(\C#N)C(=O)NS. The third-order valence-corrected chi connectivity index (χ3v) is 0.958. The van der Waals surface area contributed by atoms with E-state index in [9.17, 15) is 4.79 Å². The van der Waals surface area contributed by atoms with Crippen molar-refractivity contribution < 1.29 is 4.79 Å². The van der Waals surface area contributed by atoms with Crippen LogP contribution in [0.25, 0.3) is 0 Å². The van der Waals surface area contributed by atoms with Crippen LogP contribution in [0.3, 0.4) is 0 Å². The maximum atomic E-state index is 10.5. The van der Waals surface area contributed by atoms with E-state index in [1.165, 1.54) is 6.08 Å². The molecule has 0 aromatic heterocycles. The van der Waals surface area contributed by atoms with Crippen molar-refractivity contribution in [1.82, 2.24) is 4.72 Å². The van der Waals surface area contributed by atoms with Gasteiger partial charge in [0, 0.05) is 0 Å². The summed E-state index contributed by atoms with van der Waals surface area (Å²) in [5.74, 6) is -0.469. The molecule has 0 aromatic carbocycles. The molecule has 0 unspecified atom stereocenters. The van der Waals surface area contributed by atoms with E-state index in [1.807, 2.05) is 4.72 Å². The summed E-state index contributed by atoms with van der Waals surface area (Å²) >= 11 is 3.47. The second-order valence-corrected chi connectivity index (χ2v) is 1.48. The fourth-order valence-electron chi connectivity index (χ4n) is 0.307. The molecule has 0 bridgehead atoms. The second-order valence-electron chi connectivity index (χ2n) is 1.26. The van der Waals surface area contributed by atoms with Crippen LogP contribution in [-0.2, 0) is 4.79 Å². The topological polar surface area (TPSA) is 52.9 Å². The summed E-state index contributed by atoms with van der Waals surface area (Å²) in [6, 6.07) is 1.70. The first-order valence-electron chi connectivity index (χ1n) is 2.27. The van der Waals surface area contributed by atoms with E-state index in [0.29, 0.717) is 0 Å². The van der Waals surface area contributed by atoms with Gasteiger partial charge in [-0.15, -0.1) is 0 Å². The molecule has 0 saturated heterocycles. The van der Waals surface area contributed by atoms with Crippen molar-refractivity contribution in [1.29, 1.82) is 5.26 Å². The minimum Gasteiger partial charge on any atom is -0.298 e. The fraction of sp³-hybridized carbons (Fsp3) is 0.200. The van der Waals surface area contributed by atoms with E-state index in [1.54, 1.807) is 13.0 Å². The Morgan fingerprint density at radius 1 is 1.89 bits per heavy atom. The molecule has 0 saturated carbocycles. The van der Waals surface area contributed by atoms with Gasteiger partial charge in [0.25, 0.3) is 5.91 Å². The van der Waals surface area contributed by atoms with Gasteiger partial charge in [0.15, 0.2) is 0 Å². The zero-order chi connectivity index (χ0) is 7.28. The maximum Gasteiger partial charge on any atom is 0.271 e. The van der Waals surface area contributed by atoms with E-state index < -0.39 is 5.91 Å². The van der Waals surface area contributed by atoms with Gasteiger partial charge < -0.3 is 0 Å². The maximum absolute atomic E-state index is 10.5. The molecule has 0 atom stereocenters. The van der Waals surface area contributed by atoms with Crippen LogP contribution in [0, 0.1) is 11.3 Å². The summed E-state index contributed by atoms with van der Waals surface area (Å²) in [5, 5.41) is 8.21. The first kappa shape index (κ1) is 8.05. The summed E-state index contributed by atoms with van der Waals surface area (Å²) in [5.41, 5.74) is 0.0741. The lowest BCUT2D eigenvalue weighted by atomic mass is 10.3. The smallest absolute Gasteiger partial charge is 0.271 e. The number of hydrogen-bond acceptors (Lipinski definition) is 3. The van der Waals surface area contributed by atoms with Crippen LogP contribution in [0.15, 0.2) is 11.6 Å². The number of amides is 1. The molecule has 9 heavy (non-hydrogen) atoms. The lowest BCUT2D eigenvalue weighted by molar-refractivity contribution is -0.115. The first-order chi connectivity index (χ1) is 4.26. The third kappa shape index (κ3) is 2.20. The van der Waals surface area contributed by atoms with Crippen LogP contribution >= 0.6 is 12.8 Å². The van der Waals surface area contributed by atoms with Gasteiger partial charge >= 0.3 is 0 Å². The van der Waals surface area contributed by atoms with E-state index in [2.05, 4.69) is 12.8 Å². The van der Waals surface area contributed by atoms with Crippen molar-refractivity contribution in [3.05, 3.63) is 11.6 Å². The van der Waals surface area contributed by atoms with Crippen LogP contribution in [-0.4, -0.2) is 5.91 Å². The Morgan fingerprint density at radius 3 is 2.56 bits per heavy atom. The number of nitrogens with one attached hydrogen (secondary N) is 1. The zero-order valence-corrected chi connectivity index (χ0v) is 5.77. The van der Waals surface area contributed by atoms with Crippen LogP contribution in [0.1, 0.15) is 6.92 Å². The van der Waals surface area contributed by atoms with Crippen molar-refractivity contribution in [3.63, 3.8) is 0 Å². The lowest BCUT2D eigenvalue weighted by Gasteiger charge is -1.90. The second kappa shape index (κ2) is 3.98. The molecule has 48 valence electrons. The molecular weight excluding hydrogens is 136 g/mol. The minimum atomic E-state index is -0.469. The van der Waals surface area contributed by atoms with Crippen LogP contribution < -0.4 is 4.72 Å². The van der Waals surface area contributed by atoms with E-state index in [4.69, 9.17) is 5.26 Å². The molecule has 0 spiro atoms. The summed E-state index contributed by atoms with van der Waals surface area (Å²) in [6.45, 7) is 1.61. The Morgan fingerprint density at radius 2 is 2.44 bits per heavy atom. The predicted molar refractivity (Wildman–Crippen MR) is 36.5 cm³/mol. The monoisotopic (exact) mass is 142 g/mol. The Kier molecular flexibility index (Phi) is 3.56. The van der Waals surface area contributed by atoms with E-state index in [-0.39, 0.29) is 5.57 Å². The number of carbonyl (C=O) groups excluding carboxylic acids is 1. The lowest BCUT2D eigenvalue weighted by Crippen LogP contribution is -2.13. The predicted octanol–water partition coefficient (Wildman–Crippen LogP) is 0.417. The Balaban J connectivity index is 4.19. The molecule has 0 aromatic rings. The van der Waals surface area contributed by atoms with Crippen molar-refractivity contribution >= 4 is 18.7 Å². The molecule has 0 aliphatic heterocycles. The molecule has 3 nitrogen and oxygen atoms in total. The van der Waals surface area contributed by atoms with Gasteiger partial charge in [-0.05, 0) is 6.92 Å². The average Bonchev–Trinajstić information content (AvgIpc) is 1.90. The van der Waals surface area contributed by atoms with Crippen molar-refractivity contribution in [2.24, 2.45) is 0 Å². The number of hydrogen-bond donors (Lipinski definition) is 2. The highest BCUT2D eigenvalue weighted by atomic mass is 32.1. The Labute approximate surface area is 58.9 Å². The normalized spacial score (nSPS) is 10.1. The highest BCUT2D eigenvalue weighted by Crippen LogP contribution is 1.90. The number of rotatable bonds is 1. The Bertz CT molecular complexity index is 180. The van der Waals surface area contributed by atoms with Crippen LogP contribution in [0.4, 0.5) is 0 Å².